The van der Waals surface area contributed by atoms with Crippen LogP contribution in [0, 0.1) is 35.5 Å². The molecule has 2 heteroatoms. The molecule has 18 heavy (non-hydrogen) atoms. The first kappa shape index (κ1) is 11.1. The molecule has 0 aromatic heterocycles. The molecule has 4 bridgehead atoms. The first-order chi connectivity index (χ1) is 8.78. The van der Waals surface area contributed by atoms with Crippen molar-refractivity contribution < 1.29 is 4.79 Å². The molecule has 5 aliphatic rings. The van der Waals surface area contributed by atoms with Crippen molar-refractivity contribution in [1.29, 1.82) is 0 Å². The van der Waals surface area contributed by atoms with E-state index in [0.29, 0.717) is 6.04 Å². The van der Waals surface area contributed by atoms with E-state index in [-0.39, 0.29) is 5.91 Å². The van der Waals surface area contributed by atoms with E-state index in [2.05, 4.69) is 11.9 Å². The van der Waals surface area contributed by atoms with E-state index in [0.717, 1.165) is 35.5 Å². The van der Waals surface area contributed by atoms with Gasteiger partial charge in [-0.25, -0.2) is 0 Å². The predicted molar refractivity (Wildman–Crippen MR) is 70.8 cm³/mol. The summed E-state index contributed by atoms with van der Waals surface area (Å²) in [6, 6.07) is 0.454. The van der Waals surface area contributed by atoms with E-state index < -0.39 is 0 Å². The highest BCUT2D eigenvalue weighted by molar-refractivity contribution is 5.87. The van der Waals surface area contributed by atoms with Crippen LogP contribution in [0.25, 0.3) is 0 Å². The summed E-state index contributed by atoms with van der Waals surface area (Å²) in [7, 11) is 0. The number of fused-ring (bicyclic) bond motifs is 4. The van der Waals surface area contributed by atoms with Crippen LogP contribution in [0.4, 0.5) is 0 Å². The summed E-state index contributed by atoms with van der Waals surface area (Å²) in [6.07, 6.45) is 9.93. The fourth-order valence-electron chi connectivity index (χ4n) is 6.16. The van der Waals surface area contributed by atoms with Gasteiger partial charge in [0.2, 0.25) is 5.91 Å². The van der Waals surface area contributed by atoms with Gasteiger partial charge in [-0.1, -0.05) is 6.58 Å². The molecule has 98 valence electrons. The first-order valence-corrected chi connectivity index (χ1v) is 7.71. The van der Waals surface area contributed by atoms with Crippen molar-refractivity contribution in [3.63, 3.8) is 0 Å². The highest BCUT2D eigenvalue weighted by Crippen LogP contribution is 2.64. The first-order valence-electron chi connectivity index (χ1n) is 7.71. The van der Waals surface area contributed by atoms with Crippen LogP contribution in [0.1, 0.15) is 38.5 Å². The molecule has 0 aromatic rings. The van der Waals surface area contributed by atoms with Gasteiger partial charge in [-0.15, -0.1) is 0 Å². The maximum atomic E-state index is 11.6. The van der Waals surface area contributed by atoms with Crippen LogP contribution in [-0.2, 0) is 4.79 Å². The molecule has 0 heterocycles. The molecule has 0 saturated heterocycles. The summed E-state index contributed by atoms with van der Waals surface area (Å²) < 4.78 is 0. The van der Waals surface area contributed by atoms with Crippen LogP contribution in [0.2, 0.25) is 0 Å². The van der Waals surface area contributed by atoms with Gasteiger partial charge in [0.1, 0.15) is 0 Å². The zero-order chi connectivity index (χ0) is 12.3. The Balaban J connectivity index is 1.58. The SMILES string of the molecule is C=CC(=O)NC1CC2CCC1C1C3CCC(C3)C21. The highest BCUT2D eigenvalue weighted by atomic mass is 16.1. The Morgan fingerprint density at radius 2 is 1.67 bits per heavy atom. The zero-order valence-electron chi connectivity index (χ0n) is 11.0. The molecule has 7 atom stereocenters. The van der Waals surface area contributed by atoms with Gasteiger partial charge in [-0.05, 0) is 80.1 Å². The summed E-state index contributed by atoms with van der Waals surface area (Å²) in [4.78, 5) is 11.6. The standard InChI is InChI=1S/C16H23NO/c1-2-14(18)17-13-8-11-5-6-12(13)16-10-4-3-9(7-10)15(11)16/h2,9-13,15-16H,1,3-8H2,(H,17,18). The van der Waals surface area contributed by atoms with E-state index in [9.17, 15) is 4.79 Å². The van der Waals surface area contributed by atoms with E-state index in [4.69, 9.17) is 0 Å². The smallest absolute Gasteiger partial charge is 0.243 e. The van der Waals surface area contributed by atoms with Crippen molar-refractivity contribution in [1.82, 2.24) is 5.32 Å². The molecule has 2 nitrogen and oxygen atoms in total. The molecule has 5 aliphatic carbocycles. The third-order valence-electron chi connectivity index (χ3n) is 6.54. The third-order valence-corrected chi connectivity index (χ3v) is 6.54. The Bertz CT molecular complexity index is 391. The average Bonchev–Trinajstić information content (AvgIpc) is 3.01. The van der Waals surface area contributed by atoms with Crippen LogP contribution in [0.5, 0.6) is 0 Å². The molecule has 7 unspecified atom stereocenters. The number of hydrogen-bond donors (Lipinski definition) is 1. The Hall–Kier alpha value is -0.790. The van der Waals surface area contributed by atoms with Gasteiger partial charge in [0.25, 0.3) is 0 Å². The molecule has 0 aromatic carbocycles. The van der Waals surface area contributed by atoms with Crippen molar-refractivity contribution in [3.8, 4) is 0 Å². The van der Waals surface area contributed by atoms with Crippen LogP contribution in [0.15, 0.2) is 12.7 Å². The number of carbonyl (C=O) groups is 1. The summed E-state index contributed by atoms with van der Waals surface area (Å²) in [5.41, 5.74) is 0. The van der Waals surface area contributed by atoms with Crippen molar-refractivity contribution in [2.75, 3.05) is 0 Å². The summed E-state index contributed by atoms with van der Waals surface area (Å²) >= 11 is 0. The molecule has 5 fully saturated rings. The molecule has 0 radical (unpaired) electrons. The van der Waals surface area contributed by atoms with Gasteiger partial charge < -0.3 is 5.32 Å². The number of rotatable bonds is 2. The monoisotopic (exact) mass is 245 g/mol. The number of hydrogen-bond acceptors (Lipinski definition) is 1. The van der Waals surface area contributed by atoms with Gasteiger partial charge in [0.15, 0.2) is 0 Å². The van der Waals surface area contributed by atoms with E-state index >= 15 is 0 Å². The second-order valence-electron chi connectivity index (χ2n) is 7.04. The van der Waals surface area contributed by atoms with Gasteiger partial charge >= 0.3 is 0 Å². The van der Waals surface area contributed by atoms with E-state index in [1.807, 2.05) is 0 Å². The van der Waals surface area contributed by atoms with Crippen molar-refractivity contribution >= 4 is 5.91 Å². The van der Waals surface area contributed by atoms with Crippen LogP contribution in [0.3, 0.4) is 0 Å². The molecule has 5 rings (SSSR count). The Morgan fingerprint density at radius 3 is 2.44 bits per heavy atom. The largest absolute Gasteiger partial charge is 0.350 e. The van der Waals surface area contributed by atoms with Crippen LogP contribution < -0.4 is 5.32 Å². The minimum Gasteiger partial charge on any atom is -0.350 e. The van der Waals surface area contributed by atoms with Crippen molar-refractivity contribution in [2.45, 2.75) is 44.6 Å². The van der Waals surface area contributed by atoms with Gasteiger partial charge in [0, 0.05) is 6.04 Å². The highest BCUT2D eigenvalue weighted by Gasteiger charge is 2.59. The van der Waals surface area contributed by atoms with Crippen LogP contribution in [-0.4, -0.2) is 11.9 Å². The quantitative estimate of drug-likeness (QED) is 0.745. The zero-order valence-corrected chi connectivity index (χ0v) is 11.0. The number of nitrogens with one attached hydrogen (secondary N) is 1. The third kappa shape index (κ3) is 1.38. The van der Waals surface area contributed by atoms with Crippen LogP contribution >= 0.6 is 0 Å². The van der Waals surface area contributed by atoms with Gasteiger partial charge in [0.05, 0.1) is 0 Å². The Labute approximate surface area is 109 Å². The summed E-state index contributed by atoms with van der Waals surface area (Å²) in [5, 5.41) is 3.22. The lowest BCUT2D eigenvalue weighted by atomic mass is 9.53. The van der Waals surface area contributed by atoms with Crippen molar-refractivity contribution in [3.05, 3.63) is 12.7 Å². The van der Waals surface area contributed by atoms with Crippen molar-refractivity contribution in [2.24, 2.45) is 35.5 Å². The second kappa shape index (κ2) is 3.85. The van der Waals surface area contributed by atoms with Gasteiger partial charge in [-0.2, -0.15) is 0 Å². The molecule has 5 saturated carbocycles. The van der Waals surface area contributed by atoms with E-state index in [1.165, 1.54) is 44.6 Å². The average molecular weight is 245 g/mol. The lowest BCUT2D eigenvalue weighted by Gasteiger charge is -2.54. The maximum absolute atomic E-state index is 11.6. The maximum Gasteiger partial charge on any atom is 0.243 e. The van der Waals surface area contributed by atoms with Gasteiger partial charge in [-0.3, -0.25) is 4.79 Å². The molecule has 1 amide bonds. The molecular formula is C16H23NO. The molecular weight excluding hydrogens is 222 g/mol. The number of amides is 1. The molecule has 0 spiro atoms. The normalized spacial score (nSPS) is 52.1. The fourth-order valence-corrected chi connectivity index (χ4v) is 6.16. The summed E-state index contributed by atoms with van der Waals surface area (Å²) in [6.45, 7) is 3.58. The second-order valence-corrected chi connectivity index (χ2v) is 7.04. The number of carbonyl (C=O) groups excluding carboxylic acids is 1. The Kier molecular flexibility index (Phi) is 2.37. The fraction of sp³-hybridized carbons (Fsp3) is 0.812. The minimum atomic E-state index is 0.0345. The minimum absolute atomic E-state index is 0.0345. The lowest BCUT2D eigenvalue weighted by molar-refractivity contribution is -0.120. The summed E-state index contributed by atoms with van der Waals surface area (Å²) in [5.74, 6) is 5.74. The Morgan fingerprint density at radius 1 is 1.00 bits per heavy atom. The molecule has 1 N–H and O–H groups in total. The lowest BCUT2D eigenvalue weighted by Crippen LogP contribution is -2.55. The predicted octanol–water partition coefficient (Wildman–Crippen LogP) is 2.75. The molecule has 0 aliphatic heterocycles. The van der Waals surface area contributed by atoms with E-state index in [1.54, 1.807) is 0 Å². The topological polar surface area (TPSA) is 29.1 Å².